The Balaban J connectivity index is 0.000000154. The van der Waals surface area contributed by atoms with Gasteiger partial charge in [-0.15, -0.1) is 0 Å². The van der Waals surface area contributed by atoms with Crippen molar-refractivity contribution in [2.45, 2.75) is 56.2 Å². The van der Waals surface area contributed by atoms with E-state index < -0.39 is 5.54 Å². The lowest BCUT2D eigenvalue weighted by Gasteiger charge is -2.43. The van der Waals surface area contributed by atoms with Gasteiger partial charge in [-0.05, 0) is 30.5 Å². The van der Waals surface area contributed by atoms with Gasteiger partial charge >= 0.3 is 0 Å². The molecule has 2 aliphatic heterocycles. The predicted molar refractivity (Wildman–Crippen MR) is 222 cm³/mol. The first-order valence-corrected chi connectivity index (χ1v) is 20.1. The van der Waals surface area contributed by atoms with Gasteiger partial charge < -0.3 is 5.32 Å². The molecule has 0 spiro atoms. The van der Waals surface area contributed by atoms with Gasteiger partial charge in [-0.1, -0.05) is 123 Å². The summed E-state index contributed by atoms with van der Waals surface area (Å²) in [5, 5.41) is 4.69. The molecule has 3 aromatic carbocycles. The lowest BCUT2D eigenvalue weighted by Crippen LogP contribution is -2.45. The molecule has 4 aromatic heterocycles. The van der Waals surface area contributed by atoms with E-state index >= 15 is 0 Å². The number of nitrogens with zero attached hydrogens (tertiary/aromatic N) is 9. The summed E-state index contributed by atoms with van der Waals surface area (Å²) in [6.07, 6.45) is 13.8. The minimum Gasteiger partial charge on any atom is -0.305 e. The molecule has 0 atom stereocenters. The van der Waals surface area contributed by atoms with Crippen LogP contribution in [0.25, 0.3) is 0 Å². The molecular weight excluding hydrogens is 816 g/mol. The van der Waals surface area contributed by atoms with Crippen LogP contribution in [0.15, 0.2) is 141 Å². The van der Waals surface area contributed by atoms with Crippen LogP contribution in [0.5, 0.6) is 0 Å². The molecule has 0 saturated carbocycles. The van der Waals surface area contributed by atoms with E-state index in [2.05, 4.69) is 173 Å². The summed E-state index contributed by atoms with van der Waals surface area (Å²) < 4.78 is 0. The van der Waals surface area contributed by atoms with E-state index in [1.54, 1.807) is 49.6 Å². The zero-order valence-corrected chi connectivity index (χ0v) is 34.0. The standard InChI is InChI=1S/C25H21N3.C6H6Br2N2.C6H7N3.C6H8N2/c1-4-10-20(11-5-1)25(21-12-6-2-7-13-21,22-14-8-3-9-15-22)28-18-23-24(19-28)27-17-16-26-23;7-3-5-6(4-8)10-2-1-9-5;1-2-9-6-4-7-3-5(6)8-1;1-5-6(2)8-4-3-7-5/h1-17H,18-19H2;1-2H,3-4H2;1-2,7H,3-4H2;3-4H,1-2H3. The molecule has 0 amide bonds. The average molecular weight is 859 g/mol. The number of alkyl halides is 2. The van der Waals surface area contributed by atoms with E-state index in [1.165, 1.54) is 16.7 Å². The van der Waals surface area contributed by atoms with E-state index in [1.807, 2.05) is 13.8 Å². The summed E-state index contributed by atoms with van der Waals surface area (Å²) in [6, 6.07) is 32.3. The number of nitrogens with one attached hydrogen (secondary N) is 1. The van der Waals surface area contributed by atoms with Crippen LogP contribution in [0.3, 0.4) is 0 Å². The van der Waals surface area contributed by atoms with Crippen LogP contribution in [-0.4, -0.2) is 44.8 Å². The fourth-order valence-corrected chi connectivity index (χ4v) is 7.42. The first-order valence-electron chi connectivity index (χ1n) is 17.9. The Bertz CT molecular complexity index is 2040. The number of rotatable bonds is 6. The maximum absolute atomic E-state index is 4.60. The lowest BCUT2D eigenvalue weighted by atomic mass is 9.75. The van der Waals surface area contributed by atoms with Gasteiger partial charge in [-0.2, -0.15) is 0 Å². The first-order chi connectivity index (χ1) is 27.0. The Morgan fingerprint density at radius 2 is 0.800 bits per heavy atom. The van der Waals surface area contributed by atoms with Crippen LogP contribution in [0, 0.1) is 13.8 Å². The topological polar surface area (TPSA) is 118 Å². The van der Waals surface area contributed by atoms with Crippen LogP contribution in [-0.2, 0) is 42.4 Å². The van der Waals surface area contributed by atoms with Crippen molar-refractivity contribution in [2.75, 3.05) is 0 Å². The third-order valence-electron chi connectivity index (χ3n) is 9.28. The zero-order chi connectivity index (χ0) is 38.3. The molecular formula is C43H42Br2N10. The van der Waals surface area contributed by atoms with E-state index in [-0.39, 0.29) is 0 Å². The highest BCUT2D eigenvalue weighted by Gasteiger charge is 2.44. The molecule has 1 N–H and O–H groups in total. The van der Waals surface area contributed by atoms with Gasteiger partial charge in [0.25, 0.3) is 0 Å². The second-order valence-corrected chi connectivity index (χ2v) is 13.7. The quantitative estimate of drug-likeness (QED) is 0.130. The third kappa shape index (κ3) is 9.76. The number of fused-ring (bicyclic) bond motifs is 2. The molecule has 55 heavy (non-hydrogen) atoms. The second kappa shape index (κ2) is 20.0. The molecule has 9 rings (SSSR count). The molecule has 0 bridgehead atoms. The number of hydrogen-bond acceptors (Lipinski definition) is 10. The molecule has 7 aromatic rings. The van der Waals surface area contributed by atoms with Crippen LogP contribution in [0.1, 0.15) is 62.2 Å². The van der Waals surface area contributed by atoms with Crippen molar-refractivity contribution < 1.29 is 0 Å². The highest BCUT2D eigenvalue weighted by Crippen LogP contribution is 2.45. The van der Waals surface area contributed by atoms with E-state index in [9.17, 15) is 0 Å². The largest absolute Gasteiger partial charge is 0.305 e. The number of hydrogen-bond donors (Lipinski definition) is 1. The highest BCUT2D eigenvalue weighted by molar-refractivity contribution is 9.09. The van der Waals surface area contributed by atoms with Crippen molar-refractivity contribution in [3.8, 4) is 0 Å². The zero-order valence-electron chi connectivity index (χ0n) is 30.8. The molecule has 6 heterocycles. The molecule has 0 aliphatic carbocycles. The fourth-order valence-electron chi connectivity index (χ4n) is 6.49. The molecule has 0 radical (unpaired) electrons. The summed E-state index contributed by atoms with van der Waals surface area (Å²) >= 11 is 6.65. The summed E-state index contributed by atoms with van der Waals surface area (Å²) in [7, 11) is 0. The SMILES string of the molecule is BrCc1nccnc1CBr.Cc1nccnc1C.c1ccc(C(c2ccccc2)(c2ccccc2)N2Cc3nccnc3C2)cc1.c1cnc2c(n1)CNC2. The van der Waals surface area contributed by atoms with Gasteiger partial charge in [0.05, 0.1) is 51.1 Å². The van der Waals surface area contributed by atoms with Crippen molar-refractivity contribution in [3.05, 3.63) is 203 Å². The van der Waals surface area contributed by atoms with Crippen LogP contribution in [0.2, 0.25) is 0 Å². The average Bonchev–Trinajstić information content (AvgIpc) is 3.92. The Labute approximate surface area is 339 Å². The van der Waals surface area contributed by atoms with Gasteiger partial charge in [-0.3, -0.25) is 44.8 Å². The minimum atomic E-state index is -0.411. The summed E-state index contributed by atoms with van der Waals surface area (Å²) in [5.41, 5.74) is 11.7. The maximum Gasteiger partial charge on any atom is 0.0979 e. The number of aromatic nitrogens is 8. The Kier molecular flexibility index (Phi) is 14.4. The molecule has 0 unspecified atom stereocenters. The summed E-state index contributed by atoms with van der Waals surface area (Å²) in [6.45, 7) is 7.18. The molecule has 2 aliphatic rings. The third-order valence-corrected chi connectivity index (χ3v) is 10.3. The molecule has 278 valence electrons. The summed E-state index contributed by atoms with van der Waals surface area (Å²) in [4.78, 5) is 36.3. The van der Waals surface area contributed by atoms with Gasteiger partial charge in [0.1, 0.15) is 0 Å². The van der Waals surface area contributed by atoms with Crippen molar-refractivity contribution in [1.82, 2.24) is 50.1 Å². The van der Waals surface area contributed by atoms with Crippen LogP contribution < -0.4 is 5.32 Å². The summed E-state index contributed by atoms with van der Waals surface area (Å²) in [5.74, 6) is 0. The van der Waals surface area contributed by atoms with E-state index in [4.69, 9.17) is 0 Å². The number of benzene rings is 3. The Morgan fingerprint density at radius 1 is 0.473 bits per heavy atom. The van der Waals surface area contributed by atoms with Crippen molar-refractivity contribution >= 4 is 31.9 Å². The minimum absolute atomic E-state index is 0.411. The highest BCUT2D eigenvalue weighted by atomic mass is 79.9. The van der Waals surface area contributed by atoms with Crippen LogP contribution >= 0.6 is 31.9 Å². The van der Waals surface area contributed by atoms with E-state index in [0.29, 0.717) is 0 Å². The van der Waals surface area contributed by atoms with Gasteiger partial charge in [0.15, 0.2) is 0 Å². The Hall–Kier alpha value is -5.14. The van der Waals surface area contributed by atoms with Gasteiger partial charge in [0.2, 0.25) is 0 Å². The number of halogens is 2. The number of aryl methyl sites for hydroxylation is 2. The second-order valence-electron chi connectivity index (χ2n) is 12.6. The molecule has 0 fully saturated rings. The van der Waals surface area contributed by atoms with Crippen molar-refractivity contribution in [1.29, 1.82) is 0 Å². The smallest absolute Gasteiger partial charge is 0.0979 e. The molecule has 12 heteroatoms. The lowest BCUT2D eigenvalue weighted by molar-refractivity contribution is 0.155. The fraction of sp³-hybridized carbons (Fsp3) is 0.209. The van der Waals surface area contributed by atoms with E-state index in [0.717, 1.165) is 82.4 Å². The Morgan fingerprint density at radius 3 is 1.15 bits per heavy atom. The van der Waals surface area contributed by atoms with Crippen LogP contribution in [0.4, 0.5) is 0 Å². The predicted octanol–water partition coefficient (Wildman–Crippen LogP) is 8.22. The molecule has 10 nitrogen and oxygen atoms in total. The monoisotopic (exact) mass is 856 g/mol. The van der Waals surface area contributed by atoms with Gasteiger partial charge in [-0.25, -0.2) is 0 Å². The molecule has 0 saturated heterocycles. The van der Waals surface area contributed by atoms with Crippen molar-refractivity contribution in [3.63, 3.8) is 0 Å². The normalized spacial score (nSPS) is 12.8. The van der Waals surface area contributed by atoms with Crippen molar-refractivity contribution in [2.24, 2.45) is 0 Å². The van der Waals surface area contributed by atoms with Gasteiger partial charge in [0, 0.05) is 86.4 Å². The maximum atomic E-state index is 4.60. The first kappa shape index (κ1) is 39.6.